The van der Waals surface area contributed by atoms with Gasteiger partial charge in [0.25, 0.3) is 0 Å². The maximum absolute atomic E-state index is 11.4. The second-order valence-electron chi connectivity index (χ2n) is 3.75. The maximum Gasteiger partial charge on any atom is 0.307 e. The van der Waals surface area contributed by atoms with Crippen LogP contribution in [0.15, 0.2) is 0 Å². The van der Waals surface area contributed by atoms with Crippen molar-refractivity contribution in [3.8, 4) is 0 Å². The quantitative estimate of drug-likeness (QED) is 0.643. The van der Waals surface area contributed by atoms with Gasteiger partial charge in [-0.1, -0.05) is 25.1 Å². The van der Waals surface area contributed by atoms with Crippen molar-refractivity contribution in [3.63, 3.8) is 0 Å². The van der Waals surface area contributed by atoms with Gasteiger partial charge in [-0.25, -0.2) is 0 Å². The van der Waals surface area contributed by atoms with E-state index >= 15 is 0 Å². The molecule has 0 rings (SSSR count). The second kappa shape index (κ2) is 9.04. The SMILES string of the molecule is CCCCNC(=O)CC(CSC(C)=O)C(=O)O. The van der Waals surface area contributed by atoms with Gasteiger partial charge in [-0.15, -0.1) is 0 Å². The minimum atomic E-state index is -1.04. The lowest BCUT2D eigenvalue weighted by Crippen LogP contribution is -2.30. The zero-order chi connectivity index (χ0) is 13.3. The van der Waals surface area contributed by atoms with E-state index < -0.39 is 11.9 Å². The highest BCUT2D eigenvalue weighted by molar-refractivity contribution is 8.13. The van der Waals surface area contributed by atoms with Gasteiger partial charge < -0.3 is 10.4 Å². The third kappa shape index (κ3) is 8.74. The smallest absolute Gasteiger partial charge is 0.307 e. The first-order chi connectivity index (χ1) is 7.97. The van der Waals surface area contributed by atoms with Crippen LogP contribution in [0.5, 0.6) is 0 Å². The van der Waals surface area contributed by atoms with Crippen LogP contribution < -0.4 is 5.32 Å². The molecule has 5 nitrogen and oxygen atoms in total. The fraction of sp³-hybridized carbons (Fsp3) is 0.727. The molecule has 1 amide bonds. The van der Waals surface area contributed by atoms with Gasteiger partial charge >= 0.3 is 5.97 Å². The molecule has 0 aliphatic rings. The van der Waals surface area contributed by atoms with E-state index in [2.05, 4.69) is 5.32 Å². The number of nitrogens with one attached hydrogen (secondary N) is 1. The van der Waals surface area contributed by atoms with Gasteiger partial charge in [0.1, 0.15) is 0 Å². The number of amides is 1. The number of carbonyl (C=O) groups excluding carboxylic acids is 2. The van der Waals surface area contributed by atoms with Crippen molar-refractivity contribution >= 4 is 28.8 Å². The van der Waals surface area contributed by atoms with Gasteiger partial charge in [-0.2, -0.15) is 0 Å². The Morgan fingerprint density at radius 1 is 1.35 bits per heavy atom. The van der Waals surface area contributed by atoms with E-state index in [1.165, 1.54) is 6.92 Å². The van der Waals surface area contributed by atoms with E-state index in [1.807, 2.05) is 6.92 Å². The molecule has 17 heavy (non-hydrogen) atoms. The number of hydrogen-bond acceptors (Lipinski definition) is 4. The molecule has 0 aliphatic heterocycles. The standard InChI is InChI=1S/C11H19NO4S/c1-3-4-5-12-10(14)6-9(11(15)16)7-17-8(2)13/h9H,3-7H2,1-2H3,(H,12,14)(H,15,16). The molecule has 0 aliphatic carbocycles. The maximum atomic E-state index is 11.4. The summed E-state index contributed by atoms with van der Waals surface area (Å²) in [5.41, 5.74) is 0. The third-order valence-electron chi connectivity index (χ3n) is 2.12. The van der Waals surface area contributed by atoms with Crippen molar-refractivity contribution in [3.05, 3.63) is 0 Å². The third-order valence-corrected chi connectivity index (χ3v) is 3.10. The number of carboxylic acids is 1. The molecule has 1 atom stereocenters. The molecule has 0 aromatic carbocycles. The van der Waals surface area contributed by atoms with Crippen LogP contribution in [0.4, 0.5) is 0 Å². The summed E-state index contributed by atoms with van der Waals surface area (Å²) in [4.78, 5) is 33.0. The van der Waals surface area contributed by atoms with Gasteiger partial charge in [0.2, 0.25) is 5.91 Å². The number of thioether (sulfide) groups is 1. The average molecular weight is 261 g/mol. The number of unbranched alkanes of at least 4 members (excludes halogenated alkanes) is 1. The number of aliphatic carboxylic acids is 1. The van der Waals surface area contributed by atoms with Crippen LogP contribution in [-0.2, 0) is 14.4 Å². The highest BCUT2D eigenvalue weighted by Gasteiger charge is 2.21. The minimum Gasteiger partial charge on any atom is -0.481 e. The summed E-state index contributed by atoms with van der Waals surface area (Å²) in [6.45, 7) is 3.96. The molecule has 0 fully saturated rings. The summed E-state index contributed by atoms with van der Waals surface area (Å²) < 4.78 is 0. The number of hydrogen-bond donors (Lipinski definition) is 2. The summed E-state index contributed by atoms with van der Waals surface area (Å²) >= 11 is 0.938. The average Bonchev–Trinajstić information content (AvgIpc) is 2.23. The molecule has 0 bridgehead atoms. The van der Waals surface area contributed by atoms with Crippen molar-refractivity contribution in [1.29, 1.82) is 0 Å². The Hall–Kier alpha value is -1.04. The van der Waals surface area contributed by atoms with Crippen LogP contribution in [-0.4, -0.2) is 34.4 Å². The molecule has 0 aromatic heterocycles. The normalized spacial score (nSPS) is 11.9. The van der Waals surface area contributed by atoms with E-state index in [0.29, 0.717) is 6.54 Å². The van der Waals surface area contributed by atoms with Crippen molar-refractivity contribution in [2.24, 2.45) is 5.92 Å². The van der Waals surface area contributed by atoms with Crippen molar-refractivity contribution in [2.75, 3.05) is 12.3 Å². The lowest BCUT2D eigenvalue weighted by Gasteiger charge is -2.11. The molecule has 98 valence electrons. The first-order valence-corrected chi connectivity index (χ1v) is 6.58. The van der Waals surface area contributed by atoms with Crippen LogP contribution in [0.2, 0.25) is 0 Å². The zero-order valence-electron chi connectivity index (χ0n) is 10.2. The molecule has 0 radical (unpaired) electrons. The van der Waals surface area contributed by atoms with Gasteiger partial charge in [0, 0.05) is 25.6 Å². The van der Waals surface area contributed by atoms with Crippen molar-refractivity contribution in [2.45, 2.75) is 33.1 Å². The molecular formula is C11H19NO4S. The highest BCUT2D eigenvalue weighted by atomic mass is 32.2. The molecule has 2 N–H and O–H groups in total. The predicted octanol–water partition coefficient (Wildman–Crippen LogP) is 1.27. The Bertz CT molecular complexity index is 281. The van der Waals surface area contributed by atoms with Crippen molar-refractivity contribution < 1.29 is 19.5 Å². The Labute approximate surface area is 105 Å². The zero-order valence-corrected chi connectivity index (χ0v) is 11.0. The lowest BCUT2D eigenvalue weighted by atomic mass is 10.1. The van der Waals surface area contributed by atoms with Crippen LogP contribution in [0.1, 0.15) is 33.1 Å². The molecule has 6 heteroatoms. The Balaban J connectivity index is 4.02. The monoisotopic (exact) mass is 261 g/mol. The van der Waals surface area contributed by atoms with Crippen LogP contribution in [0, 0.1) is 5.92 Å². The molecule has 0 saturated heterocycles. The molecular weight excluding hydrogens is 242 g/mol. The molecule has 0 heterocycles. The summed E-state index contributed by atoms with van der Waals surface area (Å²) in [6.07, 6.45) is 1.79. The van der Waals surface area contributed by atoms with E-state index in [9.17, 15) is 14.4 Å². The largest absolute Gasteiger partial charge is 0.481 e. The van der Waals surface area contributed by atoms with Crippen LogP contribution in [0.25, 0.3) is 0 Å². The van der Waals surface area contributed by atoms with Gasteiger partial charge in [0.15, 0.2) is 5.12 Å². The first-order valence-electron chi connectivity index (χ1n) is 5.60. The van der Waals surface area contributed by atoms with Crippen LogP contribution >= 0.6 is 11.8 Å². The molecule has 0 aromatic rings. The van der Waals surface area contributed by atoms with Crippen LogP contribution in [0.3, 0.4) is 0 Å². The first kappa shape index (κ1) is 16.0. The van der Waals surface area contributed by atoms with Gasteiger partial charge in [0.05, 0.1) is 5.92 Å². The topological polar surface area (TPSA) is 83.5 Å². The summed E-state index contributed by atoms with van der Waals surface area (Å²) in [7, 11) is 0. The lowest BCUT2D eigenvalue weighted by molar-refractivity contribution is -0.143. The highest BCUT2D eigenvalue weighted by Crippen LogP contribution is 2.13. The molecule has 0 saturated carbocycles. The second-order valence-corrected chi connectivity index (χ2v) is 4.94. The fourth-order valence-corrected chi connectivity index (χ4v) is 1.83. The van der Waals surface area contributed by atoms with E-state index in [1.54, 1.807) is 0 Å². The molecule has 0 spiro atoms. The van der Waals surface area contributed by atoms with Gasteiger partial charge in [-0.3, -0.25) is 14.4 Å². The number of carbonyl (C=O) groups is 3. The Kier molecular flexibility index (Phi) is 8.49. The Morgan fingerprint density at radius 2 is 2.00 bits per heavy atom. The van der Waals surface area contributed by atoms with Gasteiger partial charge in [-0.05, 0) is 6.42 Å². The summed E-state index contributed by atoms with van der Waals surface area (Å²) in [6, 6.07) is 0. The van der Waals surface area contributed by atoms with E-state index in [0.717, 1.165) is 24.6 Å². The predicted molar refractivity (Wildman–Crippen MR) is 66.8 cm³/mol. The van der Waals surface area contributed by atoms with Crippen molar-refractivity contribution in [1.82, 2.24) is 5.32 Å². The number of carboxylic acid groups (broad SMARTS) is 1. The van der Waals surface area contributed by atoms with E-state index in [4.69, 9.17) is 5.11 Å². The number of rotatable bonds is 8. The minimum absolute atomic E-state index is 0.0701. The fourth-order valence-electron chi connectivity index (χ4n) is 1.14. The Morgan fingerprint density at radius 3 is 2.47 bits per heavy atom. The summed E-state index contributed by atoms with van der Waals surface area (Å²) in [5, 5.41) is 11.4. The van der Waals surface area contributed by atoms with E-state index in [-0.39, 0.29) is 23.2 Å². The molecule has 1 unspecified atom stereocenters. The summed E-state index contributed by atoms with van der Waals surface area (Å²) in [5.74, 6) is -1.96.